The van der Waals surface area contributed by atoms with E-state index in [1.165, 1.54) is 0 Å². The van der Waals surface area contributed by atoms with Crippen LogP contribution in [0.5, 0.6) is 0 Å². The molecule has 0 amide bonds. The Morgan fingerprint density at radius 3 is 2.75 bits per heavy atom. The van der Waals surface area contributed by atoms with E-state index in [9.17, 15) is 0 Å². The maximum Gasteiger partial charge on any atom is 0.188 e. The number of tetrazole rings is 1. The number of halogens is 1. The monoisotopic (exact) mass is 329 g/mol. The van der Waals surface area contributed by atoms with Crippen molar-refractivity contribution in [1.82, 2.24) is 20.2 Å². The second-order valence-electron chi connectivity index (χ2n) is 4.46. The number of anilines is 1. The highest BCUT2D eigenvalue weighted by atomic mass is 79.9. The lowest BCUT2D eigenvalue weighted by Gasteiger charge is -2.08. The van der Waals surface area contributed by atoms with E-state index in [0.29, 0.717) is 11.5 Å². The number of nitrogens with two attached hydrogens (primary N) is 1. The maximum absolute atomic E-state index is 5.91. The molecule has 0 saturated carbocycles. The molecule has 0 fully saturated rings. The molecule has 6 heteroatoms. The largest absolute Gasteiger partial charge is 0.398 e. The van der Waals surface area contributed by atoms with Gasteiger partial charge in [-0.2, -0.15) is 4.68 Å². The van der Waals surface area contributed by atoms with Crippen LogP contribution in [0.1, 0.15) is 5.56 Å². The molecule has 0 atom stereocenters. The van der Waals surface area contributed by atoms with Gasteiger partial charge >= 0.3 is 0 Å². The molecule has 0 radical (unpaired) electrons. The Hall–Kier alpha value is -2.21. The number of benzene rings is 2. The second kappa shape index (κ2) is 5.05. The summed E-state index contributed by atoms with van der Waals surface area (Å²) in [5, 5.41) is 12.0. The van der Waals surface area contributed by atoms with Crippen molar-refractivity contribution in [2.75, 3.05) is 5.73 Å². The van der Waals surface area contributed by atoms with Gasteiger partial charge in [0.2, 0.25) is 0 Å². The summed E-state index contributed by atoms with van der Waals surface area (Å²) in [6, 6.07) is 13.6. The van der Waals surface area contributed by atoms with Crippen LogP contribution in [-0.4, -0.2) is 20.2 Å². The van der Waals surface area contributed by atoms with Crippen molar-refractivity contribution < 1.29 is 0 Å². The number of nitrogen functional groups attached to an aromatic ring is 1. The molecule has 1 heterocycles. The van der Waals surface area contributed by atoms with Crippen molar-refractivity contribution in [3.8, 4) is 17.1 Å². The maximum atomic E-state index is 5.91. The summed E-state index contributed by atoms with van der Waals surface area (Å²) in [6.45, 7) is 2.03. The first-order valence-electron chi connectivity index (χ1n) is 6.06. The van der Waals surface area contributed by atoms with Crippen LogP contribution < -0.4 is 5.73 Å². The van der Waals surface area contributed by atoms with E-state index in [4.69, 9.17) is 5.73 Å². The summed E-state index contributed by atoms with van der Waals surface area (Å²) in [6.07, 6.45) is 0. The molecule has 0 saturated heterocycles. The first-order chi connectivity index (χ1) is 9.66. The van der Waals surface area contributed by atoms with Crippen molar-refractivity contribution in [3.05, 3.63) is 52.5 Å². The van der Waals surface area contributed by atoms with E-state index in [1.54, 1.807) is 4.68 Å². The highest BCUT2D eigenvalue weighted by Gasteiger charge is 2.14. The lowest BCUT2D eigenvalue weighted by atomic mass is 10.2. The highest BCUT2D eigenvalue weighted by molar-refractivity contribution is 9.10. The summed E-state index contributed by atoms with van der Waals surface area (Å²) < 4.78 is 2.50. The van der Waals surface area contributed by atoms with Crippen LogP contribution in [0.4, 0.5) is 5.69 Å². The molecular formula is C14H12BrN5. The van der Waals surface area contributed by atoms with E-state index >= 15 is 0 Å². The molecular weight excluding hydrogens is 318 g/mol. The Morgan fingerprint density at radius 2 is 1.95 bits per heavy atom. The SMILES string of the molecule is Cc1cccc(-n2nnnc2-c2cccc(N)c2Br)c1. The van der Waals surface area contributed by atoms with Crippen LogP contribution in [0.2, 0.25) is 0 Å². The van der Waals surface area contributed by atoms with Gasteiger partial charge in [-0.25, -0.2) is 0 Å². The molecule has 5 nitrogen and oxygen atoms in total. The van der Waals surface area contributed by atoms with Gasteiger partial charge in [-0.15, -0.1) is 5.10 Å². The van der Waals surface area contributed by atoms with Gasteiger partial charge < -0.3 is 5.73 Å². The van der Waals surface area contributed by atoms with Gasteiger partial charge in [0.05, 0.1) is 10.2 Å². The Kier molecular flexibility index (Phi) is 3.23. The Morgan fingerprint density at radius 1 is 1.15 bits per heavy atom. The second-order valence-corrected chi connectivity index (χ2v) is 5.26. The zero-order chi connectivity index (χ0) is 14.1. The van der Waals surface area contributed by atoms with Crippen molar-refractivity contribution in [2.45, 2.75) is 6.92 Å². The van der Waals surface area contributed by atoms with E-state index < -0.39 is 0 Å². The van der Waals surface area contributed by atoms with Crippen molar-refractivity contribution in [2.24, 2.45) is 0 Å². The van der Waals surface area contributed by atoms with Crippen molar-refractivity contribution in [1.29, 1.82) is 0 Å². The van der Waals surface area contributed by atoms with Gasteiger partial charge in [-0.3, -0.25) is 0 Å². The summed E-state index contributed by atoms with van der Waals surface area (Å²) in [5.74, 6) is 0.648. The van der Waals surface area contributed by atoms with Crippen LogP contribution in [-0.2, 0) is 0 Å². The fraction of sp³-hybridized carbons (Fsp3) is 0.0714. The van der Waals surface area contributed by atoms with Gasteiger partial charge in [0.25, 0.3) is 0 Å². The third kappa shape index (κ3) is 2.18. The van der Waals surface area contributed by atoms with Crippen LogP contribution in [0.25, 0.3) is 17.1 Å². The van der Waals surface area contributed by atoms with Gasteiger partial charge in [0, 0.05) is 11.3 Å². The predicted molar refractivity (Wildman–Crippen MR) is 81.4 cm³/mol. The van der Waals surface area contributed by atoms with Crippen LogP contribution in [0, 0.1) is 6.92 Å². The van der Waals surface area contributed by atoms with Gasteiger partial charge in [-0.05, 0) is 63.1 Å². The predicted octanol–water partition coefficient (Wildman–Crippen LogP) is 2.98. The number of rotatable bonds is 2. The minimum Gasteiger partial charge on any atom is -0.398 e. The minimum atomic E-state index is 0.648. The number of hydrogen-bond donors (Lipinski definition) is 1. The molecule has 0 aliphatic rings. The normalized spacial score (nSPS) is 10.7. The topological polar surface area (TPSA) is 69.6 Å². The fourth-order valence-corrected chi connectivity index (χ4v) is 2.45. The zero-order valence-electron chi connectivity index (χ0n) is 10.8. The molecule has 3 rings (SSSR count). The van der Waals surface area contributed by atoms with Gasteiger partial charge in [-0.1, -0.05) is 18.2 Å². The number of aryl methyl sites for hydroxylation is 1. The third-order valence-corrected chi connectivity index (χ3v) is 3.87. The van der Waals surface area contributed by atoms with Crippen LogP contribution in [0.3, 0.4) is 0 Å². The zero-order valence-corrected chi connectivity index (χ0v) is 12.4. The lowest BCUT2D eigenvalue weighted by Crippen LogP contribution is -2.01. The Bertz CT molecular complexity index is 766. The summed E-state index contributed by atoms with van der Waals surface area (Å²) in [7, 11) is 0. The fourth-order valence-electron chi connectivity index (χ4n) is 2.01. The summed E-state index contributed by atoms with van der Waals surface area (Å²) in [5.41, 5.74) is 9.49. The van der Waals surface area contributed by atoms with Crippen LogP contribution in [0.15, 0.2) is 46.9 Å². The van der Waals surface area contributed by atoms with E-state index in [-0.39, 0.29) is 0 Å². The molecule has 0 bridgehead atoms. The number of hydrogen-bond acceptors (Lipinski definition) is 4. The van der Waals surface area contributed by atoms with Crippen molar-refractivity contribution in [3.63, 3.8) is 0 Å². The average molecular weight is 330 g/mol. The third-order valence-electron chi connectivity index (χ3n) is 2.99. The standard InChI is InChI=1S/C14H12BrN5/c1-9-4-2-5-10(8-9)20-14(17-18-19-20)11-6-3-7-12(16)13(11)15/h2-8H,16H2,1H3. The van der Waals surface area contributed by atoms with Gasteiger partial charge in [0.1, 0.15) is 0 Å². The first kappa shape index (κ1) is 12.8. The molecule has 2 aromatic carbocycles. The first-order valence-corrected chi connectivity index (χ1v) is 6.86. The molecule has 0 spiro atoms. The van der Waals surface area contributed by atoms with Crippen LogP contribution >= 0.6 is 15.9 Å². The minimum absolute atomic E-state index is 0.648. The Balaban J connectivity index is 2.18. The average Bonchev–Trinajstić information content (AvgIpc) is 2.91. The molecule has 3 aromatic rings. The highest BCUT2D eigenvalue weighted by Crippen LogP contribution is 2.31. The summed E-state index contributed by atoms with van der Waals surface area (Å²) >= 11 is 3.49. The number of aromatic nitrogens is 4. The van der Waals surface area contributed by atoms with E-state index in [2.05, 4.69) is 31.5 Å². The number of nitrogens with zero attached hydrogens (tertiary/aromatic N) is 4. The lowest BCUT2D eigenvalue weighted by molar-refractivity contribution is 0.790. The molecule has 2 N–H and O–H groups in total. The van der Waals surface area contributed by atoms with E-state index in [1.807, 2.05) is 49.4 Å². The summed E-state index contributed by atoms with van der Waals surface area (Å²) in [4.78, 5) is 0. The molecule has 20 heavy (non-hydrogen) atoms. The van der Waals surface area contributed by atoms with Crippen molar-refractivity contribution >= 4 is 21.6 Å². The molecule has 100 valence electrons. The smallest absolute Gasteiger partial charge is 0.188 e. The molecule has 0 unspecified atom stereocenters. The van der Waals surface area contributed by atoms with E-state index in [0.717, 1.165) is 21.3 Å². The molecule has 0 aliphatic heterocycles. The Labute approximate surface area is 124 Å². The van der Waals surface area contributed by atoms with Gasteiger partial charge in [0.15, 0.2) is 5.82 Å². The molecule has 1 aromatic heterocycles. The molecule has 0 aliphatic carbocycles. The quantitative estimate of drug-likeness (QED) is 0.734.